The second-order valence-corrected chi connectivity index (χ2v) is 98.0. The average Bonchev–Trinajstić information content (AvgIpc) is 1.57. The van der Waals surface area contributed by atoms with Crippen LogP contribution < -0.4 is 5.79 Å². The molecule has 0 saturated heterocycles. The zero-order chi connectivity index (χ0) is 83.4. The molecule has 0 N–H and O–H groups in total. The van der Waals surface area contributed by atoms with Gasteiger partial charge in [0, 0.05) is 45.3 Å². The Hall–Kier alpha value is -1.27. The van der Waals surface area contributed by atoms with Crippen LogP contribution in [0, 0.1) is 29.6 Å². The van der Waals surface area contributed by atoms with Crippen molar-refractivity contribution < 1.29 is 9.59 Å². The van der Waals surface area contributed by atoms with E-state index < -0.39 is 54.0 Å². The number of ketones is 2. The van der Waals surface area contributed by atoms with Gasteiger partial charge in [-0.1, -0.05) is 139 Å². The summed E-state index contributed by atoms with van der Waals surface area (Å²) in [6.45, 7) is 23.4. The summed E-state index contributed by atoms with van der Waals surface area (Å²) in [5.41, 5.74) is 7.58. The van der Waals surface area contributed by atoms with Gasteiger partial charge >= 0.3 is 337 Å². The minimum absolute atomic E-state index is 0.00847. The molecule has 0 saturated carbocycles. The fraction of sp³-hybridized carbons (Fsp3) is 0.535. The molecule has 116 heavy (non-hydrogen) atoms. The van der Waals surface area contributed by atoms with E-state index in [2.05, 4.69) is 283 Å². The summed E-state index contributed by atoms with van der Waals surface area (Å²) in [5, 5.41) is 10.5. The first kappa shape index (κ1) is 96.9. The van der Waals surface area contributed by atoms with Crippen LogP contribution in [0.15, 0.2) is 124 Å². The fourth-order valence-corrected chi connectivity index (χ4v) is 39.8. The van der Waals surface area contributed by atoms with Gasteiger partial charge in [0.15, 0.2) is 0 Å². The van der Waals surface area contributed by atoms with Gasteiger partial charge in [-0.2, -0.15) is 0 Å². The first-order valence-electron chi connectivity index (χ1n) is 44.4. The molecule has 3 aliphatic rings. The van der Waals surface area contributed by atoms with Crippen LogP contribution in [-0.4, -0.2) is 65.6 Å². The van der Waals surface area contributed by atoms with E-state index in [1.807, 2.05) is 34.0 Å². The summed E-state index contributed by atoms with van der Waals surface area (Å²) in [4.78, 5) is 67.8. The van der Waals surface area contributed by atoms with Crippen molar-refractivity contribution in [1.29, 1.82) is 0 Å². The predicted molar refractivity (Wildman–Crippen MR) is 538 cm³/mol. The Bertz CT molecular complexity index is 4340. The summed E-state index contributed by atoms with van der Waals surface area (Å²) in [6, 6.07) is 38.1. The van der Waals surface area contributed by atoms with Crippen LogP contribution in [0.2, 0.25) is 44.5 Å². The van der Waals surface area contributed by atoms with Gasteiger partial charge in [0.25, 0.3) is 0 Å². The summed E-state index contributed by atoms with van der Waals surface area (Å²) in [6.07, 6.45) is 33.1. The van der Waals surface area contributed by atoms with Crippen molar-refractivity contribution in [3.05, 3.63) is 231 Å². The van der Waals surface area contributed by atoms with Crippen molar-refractivity contribution in [3.8, 4) is 0 Å². The van der Waals surface area contributed by atoms with Crippen LogP contribution in [-0.2, 0) is 32.1 Å². The molecule has 0 radical (unpaired) electrons. The average molecular weight is 2100 g/mol. The van der Waals surface area contributed by atoms with E-state index in [4.69, 9.17) is 8.92 Å². The van der Waals surface area contributed by atoms with Crippen LogP contribution in [0.3, 0.4) is 0 Å². The fourth-order valence-electron chi connectivity index (χ4n) is 16.6. The van der Waals surface area contributed by atoms with E-state index in [9.17, 15) is 9.59 Å². The predicted octanol–water partition coefficient (Wildman–Crippen LogP) is 34.5. The second-order valence-electron chi connectivity index (χ2n) is 36.0. The van der Waals surface area contributed by atoms with Crippen molar-refractivity contribution in [2.45, 2.75) is 298 Å². The Morgan fingerprint density at radius 3 is 0.871 bits per heavy atom. The summed E-state index contributed by atoms with van der Waals surface area (Å²) >= 11 is 15.1. The molecule has 14 rings (SSSR count). The third-order valence-corrected chi connectivity index (χ3v) is 54.3. The third-order valence-electron chi connectivity index (χ3n) is 23.7. The number of hydrogen-bond donors (Lipinski definition) is 0. The molecule has 11 aromatic rings. The molecular weight excluding hydrogens is 1970 g/mol. The van der Waals surface area contributed by atoms with E-state index in [-0.39, 0.29) is 11.6 Å². The van der Waals surface area contributed by atoms with Crippen LogP contribution >= 0.6 is 134 Å². The van der Waals surface area contributed by atoms with Crippen molar-refractivity contribution in [3.63, 3.8) is 0 Å². The van der Waals surface area contributed by atoms with Crippen molar-refractivity contribution in [2.75, 3.05) is 0 Å². The summed E-state index contributed by atoms with van der Waals surface area (Å²) < 4.78 is 3.51. The number of thiophene rings is 11. The zero-order valence-corrected chi connectivity index (χ0v) is 92.0. The number of rotatable bonds is 36. The van der Waals surface area contributed by atoms with E-state index >= 15 is 0 Å². The van der Waals surface area contributed by atoms with Gasteiger partial charge in [-0.25, -0.2) is 0 Å². The minimum atomic E-state index is -2.29. The monoisotopic (exact) mass is 2100 g/mol. The molecule has 11 heterocycles. The van der Waals surface area contributed by atoms with E-state index in [1.165, 1.54) is 183 Å². The van der Waals surface area contributed by atoms with Crippen LogP contribution in [0.5, 0.6) is 0 Å². The Morgan fingerprint density at radius 2 is 0.603 bits per heavy atom. The van der Waals surface area contributed by atoms with Gasteiger partial charge in [0.1, 0.15) is 0 Å². The van der Waals surface area contributed by atoms with E-state index in [0.717, 1.165) is 29.6 Å². The molecule has 0 aliphatic heterocycles. The summed E-state index contributed by atoms with van der Waals surface area (Å²) in [5.74, 6) is 5.85. The van der Waals surface area contributed by atoms with Crippen LogP contribution in [0.4, 0.5) is 0 Å². The standard InChI is InChI=1S/C34H44S4.C34H42S4.C12H20S.C10H4O2S2.9CH3.ClH.3Sn/c2*1-5-9-11-23(7-3)21-25-13-15-29(37-25)31-27-17-19-36-34(27)32(28-18-20-35-33(28)31)30-16-14-26(38-30)22-24(8-4)12-10-6-2;1-3-5-7-11(4-2)10-12-8-6-9-13-12;11-7-5-1-3-13-9(5)8(12)6-2-4-14-10(6)7;;;;;;;;;;;;;/h13-20,23-24,31-32H,5-12,21-22H2,1-4H3;13-18,23-24,31-32H,5-12,21-22H2,1-4H3;6,8-9,11H,3-5,7,10H2,1-2H3;1-4H;9*1H3;1H;;;/q;;;;;;;;;;;;;;;;+1/p-1. The van der Waals surface area contributed by atoms with Gasteiger partial charge in [-0.3, -0.25) is 9.59 Å². The molecule has 0 aromatic carbocycles. The molecule has 0 amide bonds. The number of fused-ring (bicyclic) bond motifs is 6. The molecule has 0 bridgehead atoms. The summed E-state index contributed by atoms with van der Waals surface area (Å²) in [7, 11) is 5.74. The second kappa shape index (κ2) is 46.8. The molecule has 0 fully saturated rings. The van der Waals surface area contributed by atoms with Crippen molar-refractivity contribution >= 4 is 205 Å². The number of hydrogen-bond acceptors (Lipinski definition) is 13. The molecule has 9 atom stereocenters. The third kappa shape index (κ3) is 26.2. The molecular formula is C99H137ClO2S11Sn3. The molecule has 2 nitrogen and oxygen atoms in total. The topological polar surface area (TPSA) is 34.1 Å². The van der Waals surface area contributed by atoms with Crippen LogP contribution in [0.25, 0.3) is 0 Å². The molecule has 3 aliphatic carbocycles. The van der Waals surface area contributed by atoms with Gasteiger partial charge < -0.3 is 0 Å². The Kier molecular flexibility index (Phi) is 39.1. The maximum atomic E-state index is 11.8. The molecule has 11 aromatic heterocycles. The first-order valence-corrected chi connectivity index (χ1v) is 85.9. The SMILES string of the molecule is CCCCC(CC)Cc1ccc(C2c3c[c]([Sn]([CH3])([CH3])[CH3])sc3C(c3ccc(CC(CC)CCCC)s3)c3c[c]([Sn]([CH3])([CH3])[CH3])sc32)s1.CCCCC(CC)Cc1ccc(C2c3ccsc3C(c3ccc(CC(CC)CCCC)s3)c3ccsc32)s1.CCCCC(CC)Cc1cccs1.O=C1c2ccsc2C(=O)c2ccsc21.[CH3][Sn]([CH3])([CH3])[Cl]. The Labute approximate surface area is 762 Å². The molecule has 17 heteroatoms. The zero-order valence-electron chi connectivity index (χ0n) is 73.7. The molecule has 9 unspecified atom stereocenters. The van der Waals surface area contributed by atoms with Crippen LogP contribution in [0.1, 0.15) is 337 Å². The number of carbonyl (C=O) groups excluding carboxylic acids is 2. The molecule has 0 spiro atoms. The number of unbranched alkanes of at least 4 members (excludes halogenated alkanes) is 5. The quantitative estimate of drug-likeness (QED) is 0.0367. The van der Waals surface area contributed by atoms with Crippen molar-refractivity contribution in [2.24, 2.45) is 29.6 Å². The van der Waals surface area contributed by atoms with Gasteiger partial charge in [0.2, 0.25) is 11.6 Å². The van der Waals surface area contributed by atoms with Crippen molar-refractivity contribution in [1.82, 2.24) is 0 Å². The number of carbonyl (C=O) groups is 2. The maximum absolute atomic E-state index is 11.8. The Morgan fingerprint density at radius 1 is 0.319 bits per heavy atom. The Balaban J connectivity index is 0.000000179. The van der Waals surface area contributed by atoms with Gasteiger partial charge in [-0.05, 0) is 130 Å². The van der Waals surface area contributed by atoms with Gasteiger partial charge in [0.05, 0.1) is 21.6 Å². The van der Waals surface area contributed by atoms with E-state index in [1.54, 1.807) is 114 Å². The van der Waals surface area contributed by atoms with Gasteiger partial charge in [-0.15, -0.1) is 79.4 Å². The first-order chi connectivity index (χ1) is 55.7. The molecule has 630 valence electrons. The van der Waals surface area contributed by atoms with E-state index in [0.29, 0.717) is 44.6 Å². The number of halogens is 1. The normalized spacial score (nSPS) is 16.8.